The molecular formula is C7H11N3. The first-order valence-corrected chi connectivity index (χ1v) is 3.64. The summed E-state index contributed by atoms with van der Waals surface area (Å²) in [6.07, 6.45) is 2.62. The van der Waals surface area contributed by atoms with Gasteiger partial charge in [0, 0.05) is 18.2 Å². The molecule has 1 aliphatic carbocycles. The molecule has 0 bridgehead atoms. The van der Waals surface area contributed by atoms with Crippen molar-refractivity contribution >= 4 is 0 Å². The topological polar surface area (TPSA) is 54.7 Å². The van der Waals surface area contributed by atoms with Gasteiger partial charge in [0.1, 0.15) is 0 Å². The lowest BCUT2D eigenvalue weighted by atomic mass is 10.3. The summed E-state index contributed by atoms with van der Waals surface area (Å²) in [4.78, 5) is 0. The normalized spacial score (nSPS) is 17.7. The molecule has 0 saturated heterocycles. The van der Waals surface area contributed by atoms with E-state index in [1.807, 2.05) is 0 Å². The second kappa shape index (κ2) is 2.09. The van der Waals surface area contributed by atoms with Gasteiger partial charge in [-0.1, -0.05) is 0 Å². The Kier molecular flexibility index (Phi) is 1.24. The summed E-state index contributed by atoms with van der Waals surface area (Å²) < 4.78 is 0. The van der Waals surface area contributed by atoms with E-state index in [2.05, 4.69) is 16.3 Å². The molecule has 0 unspecified atom stereocenters. The van der Waals surface area contributed by atoms with Gasteiger partial charge < -0.3 is 5.73 Å². The molecule has 1 aliphatic rings. The molecule has 0 aliphatic heterocycles. The molecular weight excluding hydrogens is 126 g/mol. The Hall–Kier alpha value is -0.830. The van der Waals surface area contributed by atoms with Crippen molar-refractivity contribution in [3.8, 4) is 0 Å². The Morgan fingerprint density at radius 1 is 1.70 bits per heavy atom. The molecule has 0 amide bonds. The fourth-order valence-corrected chi connectivity index (χ4v) is 1.09. The summed E-state index contributed by atoms with van der Waals surface area (Å²) in [5.74, 6) is 0.757. The Balaban J connectivity index is 2.19. The average Bonchev–Trinajstić information content (AvgIpc) is 2.70. The molecule has 3 heteroatoms. The molecule has 54 valence electrons. The Bertz CT molecular complexity index is 225. The monoisotopic (exact) mass is 137 g/mol. The van der Waals surface area contributed by atoms with E-state index in [1.54, 1.807) is 0 Å². The van der Waals surface area contributed by atoms with Gasteiger partial charge in [-0.15, -0.1) is 0 Å². The summed E-state index contributed by atoms with van der Waals surface area (Å²) in [6, 6.07) is 2.07. The predicted octanol–water partition coefficient (Wildman–Crippen LogP) is 0.746. The predicted molar refractivity (Wildman–Crippen MR) is 38.5 cm³/mol. The lowest BCUT2D eigenvalue weighted by Gasteiger charge is -1.84. The van der Waals surface area contributed by atoms with Crippen molar-refractivity contribution in [1.29, 1.82) is 0 Å². The van der Waals surface area contributed by atoms with Crippen molar-refractivity contribution in [3.63, 3.8) is 0 Å². The number of hydrogen-bond acceptors (Lipinski definition) is 2. The zero-order valence-corrected chi connectivity index (χ0v) is 5.80. The highest BCUT2D eigenvalue weighted by atomic mass is 15.1. The third-order valence-electron chi connectivity index (χ3n) is 1.88. The van der Waals surface area contributed by atoms with Gasteiger partial charge in [-0.2, -0.15) is 5.10 Å². The van der Waals surface area contributed by atoms with Gasteiger partial charge >= 0.3 is 0 Å². The Morgan fingerprint density at radius 3 is 3.00 bits per heavy atom. The van der Waals surface area contributed by atoms with Gasteiger partial charge in [0.15, 0.2) is 0 Å². The number of aromatic nitrogens is 2. The molecule has 0 atom stereocenters. The zero-order valence-electron chi connectivity index (χ0n) is 5.80. The maximum atomic E-state index is 5.40. The van der Waals surface area contributed by atoms with E-state index < -0.39 is 0 Å². The largest absolute Gasteiger partial charge is 0.325 e. The van der Waals surface area contributed by atoms with Crippen LogP contribution >= 0.6 is 0 Å². The molecule has 10 heavy (non-hydrogen) atoms. The molecule has 1 fully saturated rings. The van der Waals surface area contributed by atoms with Crippen molar-refractivity contribution < 1.29 is 0 Å². The summed E-state index contributed by atoms with van der Waals surface area (Å²) in [6.45, 7) is 0.545. The van der Waals surface area contributed by atoms with Crippen LogP contribution in [0.15, 0.2) is 6.07 Å². The van der Waals surface area contributed by atoms with Gasteiger partial charge in [-0.25, -0.2) is 0 Å². The molecule has 0 radical (unpaired) electrons. The summed E-state index contributed by atoms with van der Waals surface area (Å²) in [5.41, 5.74) is 7.64. The van der Waals surface area contributed by atoms with E-state index in [0.717, 1.165) is 11.6 Å². The zero-order chi connectivity index (χ0) is 6.97. The van der Waals surface area contributed by atoms with Crippen molar-refractivity contribution in [2.24, 2.45) is 5.73 Å². The SMILES string of the molecule is NCc1cc(C2CC2)[nH]n1. The third-order valence-corrected chi connectivity index (χ3v) is 1.88. The van der Waals surface area contributed by atoms with E-state index >= 15 is 0 Å². The number of hydrogen-bond donors (Lipinski definition) is 2. The number of aromatic amines is 1. The van der Waals surface area contributed by atoms with Crippen molar-refractivity contribution in [3.05, 3.63) is 17.5 Å². The number of nitrogens with zero attached hydrogens (tertiary/aromatic N) is 1. The smallest absolute Gasteiger partial charge is 0.0760 e. The second-order valence-electron chi connectivity index (χ2n) is 2.79. The third kappa shape index (κ3) is 0.926. The van der Waals surface area contributed by atoms with E-state index in [1.165, 1.54) is 18.5 Å². The van der Waals surface area contributed by atoms with Gasteiger partial charge in [0.05, 0.1) is 5.69 Å². The number of nitrogens with two attached hydrogens (primary N) is 1. The fraction of sp³-hybridized carbons (Fsp3) is 0.571. The van der Waals surface area contributed by atoms with Gasteiger partial charge in [-0.05, 0) is 18.9 Å². The molecule has 0 spiro atoms. The van der Waals surface area contributed by atoms with E-state index in [-0.39, 0.29) is 0 Å². The highest BCUT2D eigenvalue weighted by Gasteiger charge is 2.25. The summed E-state index contributed by atoms with van der Waals surface area (Å²) in [7, 11) is 0. The highest BCUT2D eigenvalue weighted by Crippen LogP contribution is 2.38. The van der Waals surface area contributed by atoms with E-state index in [4.69, 9.17) is 5.73 Å². The van der Waals surface area contributed by atoms with Crippen LogP contribution in [0.4, 0.5) is 0 Å². The molecule has 0 aromatic carbocycles. The molecule has 3 nitrogen and oxygen atoms in total. The first-order valence-electron chi connectivity index (χ1n) is 3.64. The van der Waals surface area contributed by atoms with Crippen LogP contribution in [0.5, 0.6) is 0 Å². The number of H-pyrrole nitrogens is 1. The van der Waals surface area contributed by atoms with Crippen LogP contribution in [0.2, 0.25) is 0 Å². The maximum absolute atomic E-state index is 5.40. The van der Waals surface area contributed by atoms with Crippen molar-refractivity contribution in [2.75, 3.05) is 0 Å². The average molecular weight is 137 g/mol. The minimum absolute atomic E-state index is 0.545. The van der Waals surface area contributed by atoms with Gasteiger partial charge in [0.2, 0.25) is 0 Å². The highest BCUT2D eigenvalue weighted by molar-refractivity contribution is 5.17. The number of nitrogens with one attached hydrogen (secondary N) is 1. The molecule has 3 N–H and O–H groups in total. The molecule has 1 aromatic rings. The quantitative estimate of drug-likeness (QED) is 0.631. The molecule has 1 heterocycles. The minimum Gasteiger partial charge on any atom is -0.325 e. The Morgan fingerprint density at radius 2 is 2.50 bits per heavy atom. The second-order valence-corrected chi connectivity index (χ2v) is 2.79. The summed E-state index contributed by atoms with van der Waals surface area (Å²) in [5, 5.41) is 7.03. The van der Waals surface area contributed by atoms with E-state index in [0.29, 0.717) is 6.54 Å². The molecule has 1 aromatic heterocycles. The number of rotatable bonds is 2. The van der Waals surface area contributed by atoms with Crippen molar-refractivity contribution in [2.45, 2.75) is 25.3 Å². The fourth-order valence-electron chi connectivity index (χ4n) is 1.09. The van der Waals surface area contributed by atoms with Crippen LogP contribution in [0.1, 0.15) is 30.1 Å². The first-order chi connectivity index (χ1) is 4.90. The minimum atomic E-state index is 0.545. The van der Waals surface area contributed by atoms with Crippen LogP contribution in [0.25, 0.3) is 0 Å². The van der Waals surface area contributed by atoms with Crippen LogP contribution < -0.4 is 5.73 Å². The maximum Gasteiger partial charge on any atom is 0.0760 e. The van der Waals surface area contributed by atoms with Crippen LogP contribution in [-0.4, -0.2) is 10.2 Å². The lowest BCUT2D eigenvalue weighted by Crippen LogP contribution is -1.95. The van der Waals surface area contributed by atoms with E-state index in [9.17, 15) is 0 Å². The van der Waals surface area contributed by atoms with Crippen LogP contribution in [-0.2, 0) is 6.54 Å². The van der Waals surface area contributed by atoms with Gasteiger partial charge in [0.25, 0.3) is 0 Å². The van der Waals surface area contributed by atoms with Crippen LogP contribution in [0, 0.1) is 0 Å². The Labute approximate surface area is 59.6 Å². The standard InChI is InChI=1S/C7H11N3/c8-4-6-3-7(10-9-6)5-1-2-5/h3,5H,1-2,4,8H2,(H,9,10). The first kappa shape index (κ1) is 5.92. The molecule has 2 rings (SSSR count). The lowest BCUT2D eigenvalue weighted by molar-refractivity contribution is 0.918. The molecule has 1 saturated carbocycles. The summed E-state index contributed by atoms with van der Waals surface area (Å²) >= 11 is 0. The van der Waals surface area contributed by atoms with Crippen LogP contribution in [0.3, 0.4) is 0 Å². The van der Waals surface area contributed by atoms with Gasteiger partial charge in [-0.3, -0.25) is 5.10 Å². The van der Waals surface area contributed by atoms with Crippen molar-refractivity contribution in [1.82, 2.24) is 10.2 Å².